The summed E-state index contributed by atoms with van der Waals surface area (Å²) in [6.45, 7) is 8.14. The highest BCUT2D eigenvalue weighted by Crippen LogP contribution is 2.32. The Kier molecular flexibility index (Phi) is 4.18. The van der Waals surface area contributed by atoms with Gasteiger partial charge >= 0.3 is 0 Å². The van der Waals surface area contributed by atoms with Gasteiger partial charge in [-0.2, -0.15) is 0 Å². The minimum atomic E-state index is -0.447. The lowest BCUT2D eigenvalue weighted by molar-refractivity contribution is -0.150. The van der Waals surface area contributed by atoms with Crippen LogP contribution in [0.5, 0.6) is 0 Å². The van der Waals surface area contributed by atoms with Crippen LogP contribution in [0.3, 0.4) is 0 Å². The molecule has 5 heteroatoms. The SMILES string of the molecule is CCC(c1cccs1)N1CC(=O)NC(C(C)(C)C)C1=O. The fourth-order valence-corrected chi connectivity index (χ4v) is 3.50. The van der Waals surface area contributed by atoms with E-state index in [4.69, 9.17) is 0 Å². The molecule has 4 nitrogen and oxygen atoms in total. The molecule has 0 saturated carbocycles. The van der Waals surface area contributed by atoms with Crippen molar-refractivity contribution in [3.8, 4) is 0 Å². The summed E-state index contributed by atoms with van der Waals surface area (Å²) in [5, 5.41) is 4.84. The highest BCUT2D eigenvalue weighted by molar-refractivity contribution is 7.10. The summed E-state index contributed by atoms with van der Waals surface area (Å²) >= 11 is 1.64. The first-order valence-electron chi connectivity index (χ1n) is 6.98. The molecular formula is C15H22N2O2S. The van der Waals surface area contributed by atoms with Crippen molar-refractivity contribution in [1.29, 1.82) is 0 Å². The molecule has 0 spiro atoms. The molecule has 110 valence electrons. The molecular weight excluding hydrogens is 272 g/mol. The van der Waals surface area contributed by atoms with Gasteiger partial charge in [0.2, 0.25) is 11.8 Å². The van der Waals surface area contributed by atoms with Gasteiger partial charge in [0.1, 0.15) is 12.6 Å². The predicted molar refractivity (Wildman–Crippen MR) is 80.4 cm³/mol. The maximum Gasteiger partial charge on any atom is 0.246 e. The molecule has 1 aromatic rings. The number of thiophene rings is 1. The average Bonchev–Trinajstić information content (AvgIpc) is 2.86. The van der Waals surface area contributed by atoms with Crippen molar-refractivity contribution in [2.45, 2.75) is 46.2 Å². The van der Waals surface area contributed by atoms with E-state index in [2.05, 4.69) is 12.2 Å². The van der Waals surface area contributed by atoms with E-state index in [1.54, 1.807) is 16.2 Å². The second-order valence-electron chi connectivity index (χ2n) is 6.27. The van der Waals surface area contributed by atoms with Gasteiger partial charge in [0, 0.05) is 4.88 Å². The number of hydrogen-bond donors (Lipinski definition) is 1. The number of nitrogens with zero attached hydrogens (tertiary/aromatic N) is 1. The van der Waals surface area contributed by atoms with E-state index in [9.17, 15) is 9.59 Å². The Morgan fingerprint density at radius 3 is 2.65 bits per heavy atom. The molecule has 2 atom stereocenters. The second-order valence-corrected chi connectivity index (χ2v) is 7.25. The lowest BCUT2D eigenvalue weighted by atomic mass is 9.84. The van der Waals surface area contributed by atoms with Crippen molar-refractivity contribution in [2.75, 3.05) is 6.54 Å². The van der Waals surface area contributed by atoms with Crippen LogP contribution in [-0.2, 0) is 9.59 Å². The quantitative estimate of drug-likeness (QED) is 0.931. The minimum absolute atomic E-state index is 0.00148. The molecule has 1 aliphatic heterocycles. The van der Waals surface area contributed by atoms with E-state index >= 15 is 0 Å². The third-order valence-corrected chi connectivity index (χ3v) is 4.62. The Morgan fingerprint density at radius 2 is 2.15 bits per heavy atom. The van der Waals surface area contributed by atoms with Gasteiger partial charge in [-0.3, -0.25) is 9.59 Å². The fourth-order valence-electron chi connectivity index (χ4n) is 2.57. The van der Waals surface area contributed by atoms with E-state index in [1.807, 2.05) is 38.3 Å². The molecule has 0 aromatic carbocycles. The second kappa shape index (κ2) is 5.56. The van der Waals surface area contributed by atoms with Gasteiger partial charge < -0.3 is 10.2 Å². The van der Waals surface area contributed by atoms with E-state index in [1.165, 1.54) is 0 Å². The van der Waals surface area contributed by atoms with Gasteiger partial charge in [-0.05, 0) is 23.3 Å². The van der Waals surface area contributed by atoms with Crippen LogP contribution in [-0.4, -0.2) is 29.3 Å². The van der Waals surface area contributed by atoms with Crippen LogP contribution >= 0.6 is 11.3 Å². The predicted octanol–water partition coefficient (Wildman–Crippen LogP) is 2.57. The lowest BCUT2D eigenvalue weighted by Gasteiger charge is -2.41. The summed E-state index contributed by atoms with van der Waals surface area (Å²) in [5.74, 6) is -0.0446. The molecule has 2 unspecified atom stereocenters. The zero-order valence-electron chi connectivity index (χ0n) is 12.5. The Balaban J connectivity index is 2.30. The molecule has 20 heavy (non-hydrogen) atoms. The van der Waals surface area contributed by atoms with Gasteiger partial charge in [0.25, 0.3) is 0 Å². The first-order valence-corrected chi connectivity index (χ1v) is 7.85. The molecule has 2 rings (SSSR count). The van der Waals surface area contributed by atoms with Gasteiger partial charge in [-0.1, -0.05) is 33.8 Å². The van der Waals surface area contributed by atoms with Crippen LogP contribution in [0.2, 0.25) is 0 Å². The summed E-state index contributed by atoms with van der Waals surface area (Å²) in [4.78, 5) is 27.6. The molecule has 1 saturated heterocycles. The number of hydrogen-bond acceptors (Lipinski definition) is 3. The Bertz CT molecular complexity index is 490. The molecule has 2 amide bonds. The van der Waals surface area contributed by atoms with Crippen molar-refractivity contribution in [1.82, 2.24) is 10.2 Å². The number of carbonyl (C=O) groups excluding carboxylic acids is 2. The van der Waals surface area contributed by atoms with E-state index in [-0.39, 0.29) is 29.8 Å². The van der Waals surface area contributed by atoms with Crippen LogP contribution in [0.4, 0.5) is 0 Å². The largest absolute Gasteiger partial charge is 0.342 e. The average molecular weight is 294 g/mol. The van der Waals surface area contributed by atoms with E-state index in [0.29, 0.717) is 0 Å². The molecule has 1 aliphatic rings. The van der Waals surface area contributed by atoms with Crippen molar-refractivity contribution < 1.29 is 9.59 Å². The lowest BCUT2D eigenvalue weighted by Crippen LogP contribution is -2.62. The highest BCUT2D eigenvalue weighted by atomic mass is 32.1. The summed E-state index contributed by atoms with van der Waals surface area (Å²) in [5.41, 5.74) is -0.279. The first kappa shape index (κ1) is 15.0. The van der Waals surface area contributed by atoms with Gasteiger partial charge in [-0.25, -0.2) is 0 Å². The van der Waals surface area contributed by atoms with Crippen LogP contribution in [0.25, 0.3) is 0 Å². The monoisotopic (exact) mass is 294 g/mol. The first-order chi connectivity index (χ1) is 9.34. The van der Waals surface area contributed by atoms with E-state index < -0.39 is 6.04 Å². The maximum atomic E-state index is 12.7. The molecule has 2 heterocycles. The molecule has 1 aromatic heterocycles. The number of rotatable bonds is 3. The zero-order valence-corrected chi connectivity index (χ0v) is 13.3. The summed E-state index contributed by atoms with van der Waals surface area (Å²) in [6, 6.07) is 3.57. The van der Waals surface area contributed by atoms with Crippen molar-refractivity contribution >= 4 is 23.2 Å². The summed E-state index contributed by atoms with van der Waals surface area (Å²) in [7, 11) is 0. The van der Waals surface area contributed by atoms with Crippen LogP contribution in [0.1, 0.15) is 45.0 Å². The zero-order chi connectivity index (χ0) is 14.9. The van der Waals surface area contributed by atoms with Crippen LogP contribution < -0.4 is 5.32 Å². The molecule has 0 radical (unpaired) electrons. The normalized spacial score (nSPS) is 21.8. The van der Waals surface area contributed by atoms with Crippen LogP contribution in [0.15, 0.2) is 17.5 Å². The van der Waals surface area contributed by atoms with Crippen molar-refractivity contribution in [2.24, 2.45) is 5.41 Å². The number of piperazine rings is 1. The van der Waals surface area contributed by atoms with Crippen molar-refractivity contribution in [3.05, 3.63) is 22.4 Å². The Hall–Kier alpha value is -1.36. The highest BCUT2D eigenvalue weighted by Gasteiger charge is 2.42. The maximum absolute atomic E-state index is 12.7. The van der Waals surface area contributed by atoms with E-state index in [0.717, 1.165) is 11.3 Å². The standard InChI is InChI=1S/C15H22N2O2S/c1-5-10(11-7-6-8-20-11)17-9-12(18)16-13(14(17)19)15(2,3)4/h6-8,10,13H,5,9H2,1-4H3,(H,16,18). The third kappa shape index (κ3) is 2.87. The van der Waals surface area contributed by atoms with Crippen LogP contribution in [0, 0.1) is 5.41 Å². The Labute approximate surface area is 124 Å². The third-order valence-electron chi connectivity index (χ3n) is 3.65. The summed E-state index contributed by atoms with van der Waals surface area (Å²) < 4.78 is 0. The molecule has 1 fully saturated rings. The molecule has 0 bridgehead atoms. The molecule has 1 N–H and O–H groups in total. The Morgan fingerprint density at radius 1 is 1.45 bits per heavy atom. The molecule has 0 aliphatic carbocycles. The smallest absolute Gasteiger partial charge is 0.246 e. The van der Waals surface area contributed by atoms with Gasteiger partial charge in [0.15, 0.2) is 0 Å². The minimum Gasteiger partial charge on any atom is -0.342 e. The van der Waals surface area contributed by atoms with Gasteiger partial charge in [0.05, 0.1) is 6.04 Å². The number of carbonyl (C=O) groups is 2. The van der Waals surface area contributed by atoms with Crippen molar-refractivity contribution in [3.63, 3.8) is 0 Å². The number of amides is 2. The number of nitrogens with one attached hydrogen (secondary N) is 1. The topological polar surface area (TPSA) is 49.4 Å². The van der Waals surface area contributed by atoms with Gasteiger partial charge in [-0.15, -0.1) is 11.3 Å². The summed E-state index contributed by atoms with van der Waals surface area (Å²) in [6.07, 6.45) is 0.816. The fraction of sp³-hybridized carbons (Fsp3) is 0.600.